The fourth-order valence-corrected chi connectivity index (χ4v) is 3.67. The third kappa shape index (κ3) is 6.37. The quantitative estimate of drug-likeness (QED) is 0.482. The van der Waals surface area contributed by atoms with Crippen molar-refractivity contribution < 1.29 is 22.7 Å². The molecule has 0 radical (unpaired) electrons. The fraction of sp³-hybridized carbons (Fsp3) is 0.292. The highest BCUT2D eigenvalue weighted by Gasteiger charge is 2.31. The van der Waals surface area contributed by atoms with E-state index in [2.05, 4.69) is 30.2 Å². The maximum atomic E-state index is 12.4. The van der Waals surface area contributed by atoms with Crippen LogP contribution in [0.2, 0.25) is 0 Å². The van der Waals surface area contributed by atoms with Gasteiger partial charge >= 0.3 is 6.36 Å². The molecule has 1 aromatic heterocycles. The maximum Gasteiger partial charge on any atom is 0.573 e. The number of amides is 1. The Labute approximate surface area is 195 Å². The molecule has 1 aliphatic heterocycles. The van der Waals surface area contributed by atoms with Crippen LogP contribution < -0.4 is 20.3 Å². The fourth-order valence-electron chi connectivity index (χ4n) is 3.67. The summed E-state index contributed by atoms with van der Waals surface area (Å²) in [5, 5.41) is 5.92. The number of carbonyl (C=O) groups excluding carboxylic acids is 1. The van der Waals surface area contributed by atoms with E-state index < -0.39 is 18.0 Å². The number of nitrogens with zero attached hydrogens (tertiary/aromatic N) is 3. The zero-order valence-electron chi connectivity index (χ0n) is 18.5. The van der Waals surface area contributed by atoms with Crippen LogP contribution in [0.3, 0.4) is 0 Å². The van der Waals surface area contributed by atoms with Crippen molar-refractivity contribution in [3.8, 4) is 5.75 Å². The van der Waals surface area contributed by atoms with Gasteiger partial charge in [-0.25, -0.2) is 4.98 Å². The molecule has 0 spiro atoms. The number of halogens is 3. The summed E-state index contributed by atoms with van der Waals surface area (Å²) in [4.78, 5) is 23.8. The number of nitrogens with one attached hydrogen (secondary N) is 2. The molecule has 1 fully saturated rings. The number of rotatable bonds is 6. The summed E-state index contributed by atoms with van der Waals surface area (Å²) in [6.07, 6.45) is -1.34. The van der Waals surface area contributed by atoms with Crippen LogP contribution in [0.25, 0.3) is 0 Å². The van der Waals surface area contributed by atoms with E-state index in [4.69, 9.17) is 0 Å². The molecule has 0 bridgehead atoms. The molecule has 3 aromatic rings. The van der Waals surface area contributed by atoms with Gasteiger partial charge < -0.3 is 20.3 Å². The minimum Gasteiger partial charge on any atom is -0.406 e. The van der Waals surface area contributed by atoms with Crippen molar-refractivity contribution in [3.05, 3.63) is 65.9 Å². The number of hydrogen-bond donors (Lipinski definition) is 2. The number of aromatic nitrogens is 2. The van der Waals surface area contributed by atoms with Crippen LogP contribution in [-0.4, -0.2) is 35.3 Å². The van der Waals surface area contributed by atoms with Gasteiger partial charge in [-0.05, 0) is 68.7 Å². The van der Waals surface area contributed by atoms with Gasteiger partial charge in [-0.1, -0.05) is 6.07 Å². The van der Waals surface area contributed by atoms with Crippen LogP contribution >= 0.6 is 0 Å². The normalized spacial score (nSPS) is 13.9. The summed E-state index contributed by atoms with van der Waals surface area (Å²) in [7, 11) is 0. The highest BCUT2D eigenvalue weighted by molar-refractivity contribution is 6.04. The number of aryl methyl sites for hydroxylation is 1. The van der Waals surface area contributed by atoms with E-state index in [1.54, 1.807) is 24.3 Å². The Morgan fingerprint density at radius 1 is 0.971 bits per heavy atom. The van der Waals surface area contributed by atoms with Gasteiger partial charge in [0.25, 0.3) is 5.91 Å². The number of carbonyl (C=O) groups is 1. The van der Waals surface area contributed by atoms with Crippen molar-refractivity contribution in [2.75, 3.05) is 28.6 Å². The summed E-state index contributed by atoms with van der Waals surface area (Å²) >= 11 is 0. The molecular formula is C24H24F3N5O2. The number of anilines is 4. The molecule has 34 heavy (non-hydrogen) atoms. The highest BCUT2D eigenvalue weighted by Crippen LogP contribution is 2.25. The molecular weight excluding hydrogens is 447 g/mol. The first kappa shape index (κ1) is 23.3. The third-order valence-electron chi connectivity index (χ3n) is 5.23. The van der Waals surface area contributed by atoms with Gasteiger partial charge in [0, 0.05) is 41.8 Å². The molecule has 1 aliphatic rings. The van der Waals surface area contributed by atoms with Crippen molar-refractivity contribution in [1.29, 1.82) is 0 Å². The Morgan fingerprint density at radius 3 is 2.38 bits per heavy atom. The zero-order chi connectivity index (χ0) is 24.1. The zero-order valence-corrected chi connectivity index (χ0v) is 18.5. The Morgan fingerprint density at radius 2 is 1.68 bits per heavy atom. The van der Waals surface area contributed by atoms with E-state index >= 15 is 0 Å². The van der Waals surface area contributed by atoms with Crippen LogP contribution in [0.1, 0.15) is 35.3 Å². The SMILES string of the molecule is Cc1cc(Nc2ccc(NC(=O)c3cccc(OC(F)(F)F)c3)cc2)nc(N2CCCCC2)n1. The molecule has 0 atom stereocenters. The van der Waals surface area contributed by atoms with E-state index in [1.165, 1.54) is 18.6 Å². The Kier molecular flexibility index (Phi) is 6.85. The molecule has 0 unspecified atom stereocenters. The summed E-state index contributed by atoms with van der Waals surface area (Å²) < 4.78 is 41.1. The van der Waals surface area contributed by atoms with Crippen LogP contribution in [0.4, 0.5) is 36.3 Å². The molecule has 2 aromatic carbocycles. The number of hydrogen-bond acceptors (Lipinski definition) is 6. The first-order chi connectivity index (χ1) is 16.2. The van der Waals surface area contributed by atoms with E-state index in [0.717, 1.165) is 49.4 Å². The summed E-state index contributed by atoms with van der Waals surface area (Å²) in [5.41, 5.74) is 2.16. The molecule has 0 aliphatic carbocycles. The molecule has 1 amide bonds. The molecule has 1 saturated heterocycles. The summed E-state index contributed by atoms with van der Waals surface area (Å²) in [5.74, 6) is 0.379. The topological polar surface area (TPSA) is 79.4 Å². The van der Waals surface area contributed by atoms with E-state index in [-0.39, 0.29) is 5.56 Å². The first-order valence-corrected chi connectivity index (χ1v) is 10.9. The number of piperidine rings is 1. The predicted octanol–water partition coefficient (Wildman–Crippen LogP) is 5.67. The lowest BCUT2D eigenvalue weighted by molar-refractivity contribution is -0.274. The van der Waals surface area contributed by atoms with Gasteiger partial charge in [0.15, 0.2) is 0 Å². The van der Waals surface area contributed by atoms with Gasteiger partial charge in [-0.15, -0.1) is 13.2 Å². The molecule has 0 saturated carbocycles. The van der Waals surface area contributed by atoms with E-state index in [9.17, 15) is 18.0 Å². The second-order valence-corrected chi connectivity index (χ2v) is 7.97. The van der Waals surface area contributed by atoms with Crippen molar-refractivity contribution in [3.63, 3.8) is 0 Å². The Bertz CT molecular complexity index is 1150. The second kappa shape index (κ2) is 9.98. The molecule has 2 heterocycles. The lowest BCUT2D eigenvalue weighted by atomic mass is 10.1. The highest BCUT2D eigenvalue weighted by atomic mass is 19.4. The van der Waals surface area contributed by atoms with E-state index in [0.29, 0.717) is 17.5 Å². The molecule has 7 nitrogen and oxygen atoms in total. The minimum absolute atomic E-state index is 0.0469. The maximum absolute atomic E-state index is 12.4. The Hall–Kier alpha value is -3.82. The molecule has 178 valence electrons. The summed E-state index contributed by atoms with van der Waals surface area (Å²) in [6.45, 7) is 3.82. The van der Waals surface area contributed by atoms with Crippen molar-refractivity contribution in [1.82, 2.24) is 9.97 Å². The third-order valence-corrected chi connectivity index (χ3v) is 5.23. The smallest absolute Gasteiger partial charge is 0.406 e. The lowest BCUT2D eigenvalue weighted by Gasteiger charge is -2.27. The van der Waals surface area contributed by atoms with Crippen LogP contribution in [0.15, 0.2) is 54.6 Å². The number of benzene rings is 2. The Balaban J connectivity index is 1.40. The van der Waals surface area contributed by atoms with Crippen molar-refractivity contribution in [2.45, 2.75) is 32.5 Å². The van der Waals surface area contributed by atoms with Crippen molar-refractivity contribution >= 4 is 29.0 Å². The lowest BCUT2D eigenvalue weighted by Crippen LogP contribution is -2.31. The van der Waals surface area contributed by atoms with Crippen molar-refractivity contribution in [2.24, 2.45) is 0 Å². The number of ether oxygens (including phenoxy) is 1. The number of alkyl halides is 3. The average molecular weight is 471 g/mol. The van der Waals surface area contributed by atoms with Gasteiger partial charge in [0.05, 0.1) is 0 Å². The van der Waals surface area contributed by atoms with E-state index in [1.807, 2.05) is 13.0 Å². The average Bonchev–Trinajstić information content (AvgIpc) is 2.80. The standard InChI is InChI=1S/C24H24F3N5O2/c1-16-14-21(31-23(28-16)32-12-3-2-4-13-32)29-18-8-10-19(11-9-18)30-22(33)17-6-5-7-20(15-17)34-24(25,26)27/h5-11,14-15H,2-4,12-13H2,1H3,(H,30,33)(H,28,29,31). The monoisotopic (exact) mass is 471 g/mol. The van der Waals surface area contributed by atoms with Gasteiger partial charge in [0.2, 0.25) is 5.95 Å². The second-order valence-electron chi connectivity index (χ2n) is 7.97. The van der Waals surface area contributed by atoms with Crippen LogP contribution in [0.5, 0.6) is 5.75 Å². The van der Waals surface area contributed by atoms with Gasteiger partial charge in [-0.2, -0.15) is 4.98 Å². The van der Waals surface area contributed by atoms with Gasteiger partial charge in [0.1, 0.15) is 11.6 Å². The molecule has 10 heteroatoms. The first-order valence-electron chi connectivity index (χ1n) is 10.9. The van der Waals surface area contributed by atoms with Gasteiger partial charge in [-0.3, -0.25) is 4.79 Å². The molecule has 4 rings (SSSR count). The minimum atomic E-state index is -4.82. The van der Waals surface area contributed by atoms with Crippen LogP contribution in [0, 0.1) is 6.92 Å². The molecule has 2 N–H and O–H groups in total. The largest absolute Gasteiger partial charge is 0.573 e. The summed E-state index contributed by atoms with van der Waals surface area (Å²) in [6, 6.07) is 13.7. The van der Waals surface area contributed by atoms with Crippen LogP contribution in [-0.2, 0) is 0 Å². The predicted molar refractivity (Wildman–Crippen MR) is 124 cm³/mol.